The summed E-state index contributed by atoms with van der Waals surface area (Å²) in [5, 5.41) is 80.3. The molecular weight excluding hydrogens is 734 g/mol. The zero-order chi connectivity index (χ0) is 35.9. The number of benzene rings is 3. The maximum Gasteiger partial charge on any atom is 3.00 e. The molecule has 258 valence electrons. The number of carbonyl (C=O) groups is 2. The van der Waals surface area contributed by atoms with Crippen molar-refractivity contribution < 1.29 is 71.1 Å². The third kappa shape index (κ3) is 9.35. The molecule has 2 heterocycles. The van der Waals surface area contributed by atoms with Gasteiger partial charge in [-0.3, -0.25) is 19.7 Å². The molecule has 0 spiro atoms. The Balaban J connectivity index is 0.000000270. The Bertz CT molecular complexity index is 2170. The summed E-state index contributed by atoms with van der Waals surface area (Å²) in [5.74, 6) is -2.06. The minimum Gasteiger partial charge on any atom is -0.871 e. The van der Waals surface area contributed by atoms with Crippen molar-refractivity contribution in [3.8, 4) is 17.3 Å². The van der Waals surface area contributed by atoms with E-state index in [1.807, 2.05) is 12.1 Å². The van der Waals surface area contributed by atoms with Gasteiger partial charge in [0.2, 0.25) is 5.78 Å². The van der Waals surface area contributed by atoms with Gasteiger partial charge in [0.25, 0.3) is 5.69 Å². The summed E-state index contributed by atoms with van der Waals surface area (Å²) in [5.41, 5.74) is 0.713. The van der Waals surface area contributed by atoms with E-state index in [2.05, 4.69) is 30.6 Å². The fourth-order valence-corrected chi connectivity index (χ4v) is 4.32. The first-order valence-corrected chi connectivity index (χ1v) is 14.3. The van der Waals surface area contributed by atoms with E-state index in [4.69, 9.17) is 0 Å². The fourth-order valence-electron chi connectivity index (χ4n) is 4.32. The Hall–Kier alpha value is -5.67. The Kier molecular flexibility index (Phi) is 14.1. The van der Waals surface area contributed by atoms with E-state index in [1.54, 1.807) is 62.4 Å². The van der Waals surface area contributed by atoms with E-state index < -0.39 is 33.5 Å². The van der Waals surface area contributed by atoms with Gasteiger partial charge in [0, 0.05) is 23.7 Å². The number of non-ortho nitro benzene ring substituents is 1. The number of aromatic nitrogens is 2. The van der Waals surface area contributed by atoms with Crippen LogP contribution in [0.4, 0.5) is 22.7 Å². The predicted molar refractivity (Wildman–Crippen MR) is 177 cm³/mol. The number of azo groups is 1. The summed E-state index contributed by atoms with van der Waals surface area (Å²) in [6.45, 7) is 3.17. The molecule has 0 radical (unpaired) electrons. The molecule has 3 aromatic carbocycles. The summed E-state index contributed by atoms with van der Waals surface area (Å²) in [6, 6.07) is 20.6. The number of hydrogen-bond donors (Lipinski definition) is 0. The second-order valence-corrected chi connectivity index (χ2v) is 10.2. The summed E-state index contributed by atoms with van der Waals surface area (Å²) < 4.78 is 1.18. The second kappa shape index (κ2) is 18.0. The minimum absolute atomic E-state index is 0. The van der Waals surface area contributed by atoms with Crippen molar-refractivity contribution in [3.63, 3.8) is 0 Å². The molecule has 0 atom stereocenters. The van der Waals surface area contributed by atoms with Gasteiger partial charge in [0.15, 0.2) is 5.71 Å². The van der Waals surface area contributed by atoms with E-state index in [0.717, 1.165) is 36.4 Å². The zero-order valence-corrected chi connectivity index (χ0v) is 30.4. The first kappa shape index (κ1) is 40.8. The maximum atomic E-state index is 12.4. The first-order chi connectivity index (χ1) is 23.9. The molecule has 0 fully saturated rings. The topological polar surface area (TPSA) is 256 Å². The van der Waals surface area contributed by atoms with Crippen molar-refractivity contribution in [3.05, 3.63) is 129 Å². The molecule has 0 saturated heterocycles. The van der Waals surface area contributed by atoms with E-state index in [1.165, 1.54) is 9.69 Å². The van der Waals surface area contributed by atoms with Gasteiger partial charge in [-0.05, 0) is 56.3 Å². The van der Waals surface area contributed by atoms with E-state index >= 15 is 0 Å². The summed E-state index contributed by atoms with van der Waals surface area (Å²) >= 11 is 0. The predicted octanol–water partition coefficient (Wildman–Crippen LogP) is 1.18. The Labute approximate surface area is 326 Å². The van der Waals surface area contributed by atoms with Crippen molar-refractivity contribution in [2.75, 3.05) is 5.01 Å². The largest absolute Gasteiger partial charge is 3.00 e. The zero-order valence-electron chi connectivity index (χ0n) is 27.3. The number of hydrazone groups is 1. The fraction of sp³-hybridized carbons (Fsp3) is 0.0625. The minimum atomic E-state index is -0.643. The van der Waals surface area contributed by atoms with Crippen LogP contribution in [0.25, 0.3) is 5.69 Å². The van der Waals surface area contributed by atoms with Gasteiger partial charge in [0.1, 0.15) is 11.4 Å². The van der Waals surface area contributed by atoms with Gasteiger partial charge in [-0.1, -0.05) is 48.2 Å². The molecular formula is C32H22CoN10NaO8. The molecule has 6 rings (SSSR count). The normalized spacial score (nSPS) is 15.1. The van der Waals surface area contributed by atoms with Gasteiger partial charge in [-0.2, -0.15) is 20.3 Å². The maximum absolute atomic E-state index is 12.4. The van der Waals surface area contributed by atoms with Crippen LogP contribution in [0.2, 0.25) is 0 Å². The molecule has 0 N–H and O–H groups in total. The Morgan fingerprint density at radius 3 is 2.10 bits per heavy atom. The number of nitro groups is 1. The van der Waals surface area contributed by atoms with E-state index in [-0.39, 0.29) is 80.5 Å². The SMILES string of the molecule is CC1=NN(c2ccccc2)C(=O)C1=NN=C1C=C(N([O-])[O-])C=CC1=O.Cc1nn(-c2ccccc2)c([O-])c1N=Nc1cc([N+](=O)[O-])ccc1[O-].[Co+3].[Na+]. The Morgan fingerprint density at radius 2 is 1.48 bits per heavy atom. The van der Waals surface area contributed by atoms with Crippen LogP contribution >= 0.6 is 0 Å². The molecule has 4 aromatic rings. The molecule has 0 saturated carbocycles. The molecule has 18 nitrogen and oxygen atoms in total. The van der Waals surface area contributed by atoms with Crippen LogP contribution in [0.1, 0.15) is 12.6 Å². The van der Waals surface area contributed by atoms with Crippen LogP contribution in [0, 0.1) is 27.5 Å². The molecule has 20 heteroatoms. The van der Waals surface area contributed by atoms with E-state index in [0.29, 0.717) is 22.8 Å². The van der Waals surface area contributed by atoms with Crippen LogP contribution in [-0.4, -0.2) is 48.8 Å². The van der Waals surface area contributed by atoms with Crippen molar-refractivity contribution in [2.24, 2.45) is 25.5 Å². The average Bonchev–Trinajstić information content (AvgIpc) is 3.56. The quantitative estimate of drug-likeness (QED) is 0.0855. The van der Waals surface area contributed by atoms with Crippen LogP contribution in [0.3, 0.4) is 0 Å². The number of amides is 1. The number of hydroxylamine groups is 2. The van der Waals surface area contributed by atoms with Gasteiger partial charge in [-0.15, -0.1) is 15.3 Å². The second-order valence-electron chi connectivity index (χ2n) is 10.2. The van der Waals surface area contributed by atoms with Crippen molar-refractivity contribution in [1.29, 1.82) is 0 Å². The molecule has 1 amide bonds. The first-order valence-electron chi connectivity index (χ1n) is 14.3. The number of hydrogen-bond acceptors (Lipinski definition) is 15. The summed E-state index contributed by atoms with van der Waals surface area (Å²) in [4.78, 5) is 34.3. The van der Waals surface area contributed by atoms with Crippen LogP contribution < -0.4 is 44.8 Å². The van der Waals surface area contributed by atoms with Crippen LogP contribution in [0.15, 0.2) is 128 Å². The number of nitrogens with zero attached hydrogens (tertiary/aromatic N) is 10. The van der Waals surface area contributed by atoms with Gasteiger partial charge in [-0.25, -0.2) is 4.68 Å². The van der Waals surface area contributed by atoms with E-state index in [9.17, 15) is 40.3 Å². The molecule has 1 aliphatic carbocycles. The van der Waals surface area contributed by atoms with Crippen molar-refractivity contribution >= 4 is 51.6 Å². The number of carbonyl (C=O) groups excluding carboxylic acids is 2. The molecule has 0 unspecified atom stereocenters. The number of nitro benzene ring substituents is 1. The van der Waals surface area contributed by atoms with Crippen molar-refractivity contribution in [2.45, 2.75) is 13.8 Å². The third-order valence-corrected chi connectivity index (χ3v) is 6.80. The standard InChI is InChI=1S/C16H13N5O4.C16H11N5O4.Co.Na/c2*1-10-15(16(23)20(19-10)11-5-3-2-4-6-11)18-17-13-9-12(21(24)25)7-8-14(13)22;;/h2-9,22-23H,1H3;2-9H,1H3;;/q;-2;+3;+1/p-2. The average molecular weight is 757 g/mol. The smallest absolute Gasteiger partial charge is 0.871 e. The van der Waals surface area contributed by atoms with Crippen LogP contribution in [0.5, 0.6) is 11.6 Å². The molecule has 1 aliphatic heterocycles. The summed E-state index contributed by atoms with van der Waals surface area (Å²) in [7, 11) is 0. The van der Waals surface area contributed by atoms with Crippen LogP contribution in [-0.2, 0) is 26.4 Å². The number of allylic oxidation sites excluding steroid dienone is 3. The van der Waals surface area contributed by atoms with Gasteiger partial charge >= 0.3 is 52.2 Å². The third-order valence-electron chi connectivity index (χ3n) is 6.80. The molecule has 52 heavy (non-hydrogen) atoms. The Morgan fingerprint density at radius 1 is 0.846 bits per heavy atom. The summed E-state index contributed by atoms with van der Waals surface area (Å²) in [6.07, 6.45) is 3.12. The number of para-hydroxylation sites is 2. The monoisotopic (exact) mass is 756 g/mol. The number of ketones is 1. The molecule has 0 bridgehead atoms. The number of anilines is 1. The van der Waals surface area contributed by atoms with Crippen molar-refractivity contribution in [1.82, 2.24) is 15.0 Å². The van der Waals surface area contributed by atoms with Gasteiger partial charge < -0.3 is 25.9 Å². The number of rotatable bonds is 7. The molecule has 1 aromatic heterocycles. The van der Waals surface area contributed by atoms with Gasteiger partial charge in [0.05, 0.1) is 33.4 Å². The number of aryl methyl sites for hydroxylation is 1. The molecule has 2 aliphatic rings.